The third kappa shape index (κ3) is 4.48. The SMILES string of the molecule is COc1nc(NCC(=O)NCC(C)C)ccc1N. The average molecular weight is 252 g/mol. The highest BCUT2D eigenvalue weighted by Gasteiger charge is 2.05. The highest BCUT2D eigenvalue weighted by atomic mass is 16.5. The van der Waals surface area contributed by atoms with Crippen LogP contribution >= 0.6 is 0 Å². The van der Waals surface area contributed by atoms with Crippen LogP contribution in [0.1, 0.15) is 13.8 Å². The molecule has 0 aliphatic heterocycles. The fraction of sp³-hybridized carbons (Fsp3) is 0.500. The fourth-order valence-corrected chi connectivity index (χ4v) is 1.26. The van der Waals surface area contributed by atoms with Crippen molar-refractivity contribution in [2.24, 2.45) is 5.92 Å². The minimum absolute atomic E-state index is 0.0682. The van der Waals surface area contributed by atoms with Gasteiger partial charge in [0.2, 0.25) is 11.8 Å². The number of nitrogen functional groups attached to an aromatic ring is 1. The number of nitrogens with one attached hydrogen (secondary N) is 2. The van der Waals surface area contributed by atoms with Crippen molar-refractivity contribution in [1.29, 1.82) is 0 Å². The van der Waals surface area contributed by atoms with Crippen LogP contribution in [0.15, 0.2) is 12.1 Å². The second-order valence-electron chi connectivity index (χ2n) is 4.35. The molecular formula is C12H20N4O2. The number of pyridine rings is 1. The number of ether oxygens (including phenoxy) is 1. The van der Waals surface area contributed by atoms with Crippen molar-refractivity contribution >= 4 is 17.4 Å². The lowest BCUT2D eigenvalue weighted by atomic mass is 10.2. The number of amides is 1. The summed E-state index contributed by atoms with van der Waals surface area (Å²) < 4.78 is 4.99. The normalized spacial score (nSPS) is 10.2. The number of anilines is 2. The van der Waals surface area contributed by atoms with Crippen molar-refractivity contribution in [1.82, 2.24) is 10.3 Å². The van der Waals surface area contributed by atoms with Gasteiger partial charge in [0.05, 0.1) is 19.3 Å². The summed E-state index contributed by atoms with van der Waals surface area (Å²) in [7, 11) is 1.50. The molecule has 0 atom stereocenters. The first-order valence-electron chi connectivity index (χ1n) is 5.84. The van der Waals surface area contributed by atoms with Gasteiger partial charge in [-0.25, -0.2) is 0 Å². The Morgan fingerprint density at radius 2 is 2.22 bits per heavy atom. The molecule has 1 rings (SSSR count). The van der Waals surface area contributed by atoms with Crippen LogP contribution in [0.2, 0.25) is 0 Å². The van der Waals surface area contributed by atoms with Crippen molar-refractivity contribution < 1.29 is 9.53 Å². The van der Waals surface area contributed by atoms with Gasteiger partial charge in [-0.2, -0.15) is 4.98 Å². The molecule has 0 radical (unpaired) electrons. The molecule has 18 heavy (non-hydrogen) atoms. The molecule has 6 heteroatoms. The lowest BCUT2D eigenvalue weighted by Crippen LogP contribution is -2.32. The number of carbonyl (C=O) groups excluding carboxylic acids is 1. The van der Waals surface area contributed by atoms with E-state index >= 15 is 0 Å². The highest BCUT2D eigenvalue weighted by Crippen LogP contribution is 2.19. The highest BCUT2D eigenvalue weighted by molar-refractivity contribution is 5.80. The maximum atomic E-state index is 11.5. The number of hydrogen-bond acceptors (Lipinski definition) is 5. The van der Waals surface area contributed by atoms with E-state index in [1.165, 1.54) is 7.11 Å². The Hall–Kier alpha value is -1.98. The lowest BCUT2D eigenvalue weighted by molar-refractivity contribution is -0.119. The van der Waals surface area contributed by atoms with Crippen molar-refractivity contribution in [2.75, 3.05) is 31.2 Å². The van der Waals surface area contributed by atoms with Crippen molar-refractivity contribution in [3.63, 3.8) is 0 Å². The van der Waals surface area contributed by atoms with Gasteiger partial charge in [-0.05, 0) is 18.1 Å². The molecule has 1 aromatic heterocycles. The van der Waals surface area contributed by atoms with Gasteiger partial charge in [-0.1, -0.05) is 13.8 Å². The third-order valence-corrected chi connectivity index (χ3v) is 2.22. The zero-order valence-electron chi connectivity index (χ0n) is 11.0. The van der Waals surface area contributed by atoms with Crippen molar-refractivity contribution in [2.45, 2.75) is 13.8 Å². The Labute approximate surface area is 107 Å². The Bertz CT molecular complexity index is 407. The van der Waals surface area contributed by atoms with E-state index in [1.54, 1.807) is 12.1 Å². The minimum atomic E-state index is -0.0682. The molecule has 1 amide bonds. The molecule has 4 N–H and O–H groups in total. The second-order valence-corrected chi connectivity index (χ2v) is 4.35. The minimum Gasteiger partial charge on any atom is -0.479 e. The maximum Gasteiger partial charge on any atom is 0.239 e. The molecule has 0 spiro atoms. The lowest BCUT2D eigenvalue weighted by Gasteiger charge is -2.10. The van der Waals surface area contributed by atoms with Gasteiger partial charge in [0.15, 0.2) is 0 Å². The molecule has 0 aromatic carbocycles. The maximum absolute atomic E-state index is 11.5. The van der Waals surface area contributed by atoms with Gasteiger partial charge < -0.3 is 21.1 Å². The Balaban J connectivity index is 2.46. The van der Waals surface area contributed by atoms with E-state index in [0.717, 1.165) is 0 Å². The fourth-order valence-electron chi connectivity index (χ4n) is 1.26. The molecule has 0 aliphatic carbocycles. The summed E-state index contributed by atoms with van der Waals surface area (Å²) in [6.45, 7) is 4.92. The van der Waals surface area contributed by atoms with Gasteiger partial charge in [0.1, 0.15) is 5.82 Å². The van der Waals surface area contributed by atoms with Crippen LogP contribution in [-0.2, 0) is 4.79 Å². The van der Waals surface area contributed by atoms with Crippen LogP contribution in [0.3, 0.4) is 0 Å². The summed E-state index contributed by atoms with van der Waals surface area (Å²) >= 11 is 0. The largest absolute Gasteiger partial charge is 0.479 e. The zero-order valence-corrected chi connectivity index (χ0v) is 11.0. The number of rotatable bonds is 6. The topological polar surface area (TPSA) is 89.3 Å². The van der Waals surface area contributed by atoms with E-state index in [-0.39, 0.29) is 12.5 Å². The van der Waals surface area contributed by atoms with Crippen LogP contribution in [0.4, 0.5) is 11.5 Å². The first-order chi connectivity index (χ1) is 8.52. The number of nitrogens with two attached hydrogens (primary N) is 1. The molecule has 0 saturated carbocycles. The molecule has 6 nitrogen and oxygen atoms in total. The van der Waals surface area contributed by atoms with Gasteiger partial charge in [0, 0.05) is 6.54 Å². The van der Waals surface area contributed by atoms with Crippen LogP contribution in [0, 0.1) is 5.92 Å². The van der Waals surface area contributed by atoms with E-state index in [2.05, 4.69) is 15.6 Å². The smallest absolute Gasteiger partial charge is 0.239 e. The Morgan fingerprint density at radius 3 is 2.83 bits per heavy atom. The number of hydrogen-bond donors (Lipinski definition) is 3. The standard InChI is InChI=1S/C12H20N4O2/c1-8(2)6-15-11(17)7-14-10-5-4-9(13)12(16-10)18-3/h4-5,8H,6-7,13H2,1-3H3,(H,14,16)(H,15,17). The molecule has 0 saturated heterocycles. The van der Waals surface area contributed by atoms with Crippen molar-refractivity contribution in [3.05, 3.63) is 12.1 Å². The van der Waals surface area contributed by atoms with E-state index < -0.39 is 0 Å². The van der Waals surface area contributed by atoms with Crippen LogP contribution in [-0.4, -0.2) is 31.1 Å². The molecule has 1 aromatic rings. The van der Waals surface area contributed by atoms with Gasteiger partial charge in [-0.15, -0.1) is 0 Å². The first-order valence-corrected chi connectivity index (χ1v) is 5.84. The van der Waals surface area contributed by atoms with E-state index in [1.807, 2.05) is 13.8 Å². The predicted octanol–water partition coefficient (Wildman–Crippen LogP) is 0.856. The summed E-state index contributed by atoms with van der Waals surface area (Å²) in [5.41, 5.74) is 6.11. The van der Waals surface area contributed by atoms with Gasteiger partial charge >= 0.3 is 0 Å². The molecule has 0 bridgehead atoms. The van der Waals surface area contributed by atoms with E-state index in [0.29, 0.717) is 29.8 Å². The molecule has 0 aliphatic rings. The predicted molar refractivity (Wildman–Crippen MR) is 71.5 cm³/mol. The average Bonchev–Trinajstić information content (AvgIpc) is 2.35. The monoisotopic (exact) mass is 252 g/mol. The number of methoxy groups -OCH3 is 1. The summed E-state index contributed by atoms with van der Waals surface area (Å²) in [4.78, 5) is 15.6. The Morgan fingerprint density at radius 1 is 1.50 bits per heavy atom. The first kappa shape index (κ1) is 14.1. The summed E-state index contributed by atoms with van der Waals surface area (Å²) in [6, 6.07) is 3.38. The number of carbonyl (C=O) groups is 1. The Kier molecular flexibility index (Phi) is 5.23. The molecular weight excluding hydrogens is 232 g/mol. The van der Waals surface area contributed by atoms with Crippen molar-refractivity contribution in [3.8, 4) is 5.88 Å². The quantitative estimate of drug-likeness (QED) is 0.698. The summed E-state index contributed by atoms with van der Waals surface area (Å²) in [5.74, 6) is 1.27. The molecule has 0 unspecified atom stereocenters. The van der Waals surface area contributed by atoms with Crippen LogP contribution < -0.4 is 21.1 Å². The number of aromatic nitrogens is 1. The molecule has 0 fully saturated rings. The van der Waals surface area contributed by atoms with Crippen LogP contribution in [0.5, 0.6) is 5.88 Å². The van der Waals surface area contributed by atoms with Gasteiger partial charge in [0.25, 0.3) is 0 Å². The zero-order chi connectivity index (χ0) is 13.5. The summed E-state index contributed by atoms with van der Waals surface area (Å²) in [6.07, 6.45) is 0. The number of nitrogens with zero attached hydrogens (tertiary/aromatic N) is 1. The molecule has 100 valence electrons. The second kappa shape index (κ2) is 6.68. The van der Waals surface area contributed by atoms with Gasteiger partial charge in [-0.3, -0.25) is 4.79 Å². The summed E-state index contributed by atoms with van der Waals surface area (Å²) in [5, 5.41) is 5.72. The molecule has 1 heterocycles. The van der Waals surface area contributed by atoms with E-state index in [9.17, 15) is 4.79 Å². The third-order valence-electron chi connectivity index (χ3n) is 2.22. The van der Waals surface area contributed by atoms with E-state index in [4.69, 9.17) is 10.5 Å². The van der Waals surface area contributed by atoms with Crippen LogP contribution in [0.25, 0.3) is 0 Å².